The maximum atomic E-state index is 13.0. The summed E-state index contributed by atoms with van der Waals surface area (Å²) >= 11 is 0. The number of carbonyl (C=O) groups is 1. The lowest BCUT2D eigenvalue weighted by atomic mass is 10.2. The van der Waals surface area contributed by atoms with E-state index in [-0.39, 0.29) is 5.69 Å². The lowest BCUT2D eigenvalue weighted by Gasteiger charge is -2.12. The van der Waals surface area contributed by atoms with Gasteiger partial charge in [-0.2, -0.15) is 13.2 Å². The first-order chi connectivity index (χ1) is 11.9. The van der Waals surface area contributed by atoms with E-state index in [1.54, 1.807) is 24.3 Å². The van der Waals surface area contributed by atoms with Gasteiger partial charge in [0.05, 0.1) is 18.2 Å². The van der Waals surface area contributed by atoms with E-state index < -0.39 is 23.5 Å². The Kier molecular flexibility index (Phi) is 4.31. The second-order valence-electron chi connectivity index (χ2n) is 5.14. The molecule has 25 heavy (non-hydrogen) atoms. The molecule has 0 aliphatic rings. The van der Waals surface area contributed by atoms with Crippen molar-refractivity contribution in [1.29, 1.82) is 0 Å². The second-order valence-corrected chi connectivity index (χ2v) is 5.14. The summed E-state index contributed by atoms with van der Waals surface area (Å²) in [6.07, 6.45) is -4.62. The van der Waals surface area contributed by atoms with Crippen LogP contribution in [0.25, 0.3) is 10.9 Å². The number of rotatable bonds is 3. The van der Waals surface area contributed by atoms with Gasteiger partial charge >= 0.3 is 12.1 Å². The largest absolute Gasteiger partial charge is 0.497 e. The third-order valence-corrected chi connectivity index (χ3v) is 3.50. The van der Waals surface area contributed by atoms with Crippen LogP contribution >= 0.6 is 0 Å². The number of para-hydroxylation sites is 1. The molecule has 3 rings (SSSR count). The number of fused-ring (bicyclic) bond motifs is 1. The van der Waals surface area contributed by atoms with E-state index in [2.05, 4.69) is 4.98 Å². The van der Waals surface area contributed by atoms with Crippen molar-refractivity contribution in [3.05, 3.63) is 65.9 Å². The maximum absolute atomic E-state index is 13.0. The quantitative estimate of drug-likeness (QED) is 0.518. The van der Waals surface area contributed by atoms with Gasteiger partial charge in [-0.25, -0.2) is 9.78 Å². The standard InChI is InChI=1S/C18H12F3NO3/c1-24-12-7-9-14-11(10-12)6-8-15(22-14)17(23)25-16-5-3-2-4-13(16)18(19,20)21/h2-10H,1H3. The van der Waals surface area contributed by atoms with Gasteiger partial charge in [0.2, 0.25) is 0 Å². The monoisotopic (exact) mass is 347 g/mol. The van der Waals surface area contributed by atoms with Gasteiger partial charge in [0.15, 0.2) is 0 Å². The lowest BCUT2D eigenvalue weighted by Crippen LogP contribution is -2.14. The Balaban J connectivity index is 1.91. The normalized spacial score (nSPS) is 11.4. The van der Waals surface area contributed by atoms with Gasteiger partial charge in [-0.3, -0.25) is 0 Å². The van der Waals surface area contributed by atoms with Crippen LogP contribution in [0, 0.1) is 0 Å². The third-order valence-electron chi connectivity index (χ3n) is 3.50. The van der Waals surface area contributed by atoms with E-state index in [0.717, 1.165) is 17.5 Å². The lowest BCUT2D eigenvalue weighted by molar-refractivity contribution is -0.138. The number of halogens is 3. The average Bonchev–Trinajstić information content (AvgIpc) is 2.60. The molecule has 4 nitrogen and oxygen atoms in total. The molecule has 128 valence electrons. The Morgan fingerprint density at radius 1 is 1.04 bits per heavy atom. The molecule has 1 aromatic heterocycles. The van der Waals surface area contributed by atoms with Crippen molar-refractivity contribution in [3.63, 3.8) is 0 Å². The molecule has 3 aromatic rings. The summed E-state index contributed by atoms with van der Waals surface area (Å²) in [6.45, 7) is 0. The summed E-state index contributed by atoms with van der Waals surface area (Å²) in [7, 11) is 1.53. The molecular weight excluding hydrogens is 335 g/mol. The minimum atomic E-state index is -4.62. The fourth-order valence-corrected chi connectivity index (χ4v) is 2.29. The predicted octanol–water partition coefficient (Wildman–Crippen LogP) is 4.48. The molecule has 0 aliphatic heterocycles. The SMILES string of the molecule is COc1ccc2nc(C(=O)Oc3ccccc3C(F)(F)F)ccc2c1. The summed E-state index contributed by atoms with van der Waals surface area (Å²) < 4.78 is 48.9. The highest BCUT2D eigenvalue weighted by atomic mass is 19.4. The molecule has 2 aromatic carbocycles. The number of alkyl halides is 3. The van der Waals surface area contributed by atoms with Crippen LogP contribution in [0.15, 0.2) is 54.6 Å². The molecule has 0 unspecified atom stereocenters. The molecule has 0 spiro atoms. The van der Waals surface area contributed by atoms with Crippen LogP contribution < -0.4 is 9.47 Å². The first kappa shape index (κ1) is 16.8. The van der Waals surface area contributed by atoms with Crippen molar-refractivity contribution in [2.24, 2.45) is 0 Å². The van der Waals surface area contributed by atoms with Crippen molar-refractivity contribution in [2.45, 2.75) is 6.18 Å². The van der Waals surface area contributed by atoms with Crippen LogP contribution in [0.2, 0.25) is 0 Å². The van der Waals surface area contributed by atoms with Crippen molar-refractivity contribution in [3.8, 4) is 11.5 Å². The zero-order valence-corrected chi connectivity index (χ0v) is 13.0. The highest BCUT2D eigenvalue weighted by molar-refractivity contribution is 5.92. The number of nitrogens with zero attached hydrogens (tertiary/aromatic N) is 1. The van der Waals surface area contributed by atoms with Crippen molar-refractivity contribution < 1.29 is 27.4 Å². The number of ether oxygens (including phenoxy) is 2. The van der Waals surface area contributed by atoms with Crippen molar-refractivity contribution in [2.75, 3.05) is 7.11 Å². The fraction of sp³-hybridized carbons (Fsp3) is 0.111. The molecule has 0 saturated carbocycles. The van der Waals surface area contributed by atoms with Crippen LogP contribution in [-0.4, -0.2) is 18.1 Å². The van der Waals surface area contributed by atoms with Gasteiger partial charge in [0.25, 0.3) is 0 Å². The highest BCUT2D eigenvalue weighted by Crippen LogP contribution is 2.36. The average molecular weight is 347 g/mol. The van der Waals surface area contributed by atoms with Gasteiger partial charge < -0.3 is 9.47 Å². The third kappa shape index (κ3) is 3.55. The van der Waals surface area contributed by atoms with Crippen molar-refractivity contribution >= 4 is 16.9 Å². The molecule has 0 atom stereocenters. The van der Waals surface area contributed by atoms with Gasteiger partial charge in [-0.15, -0.1) is 0 Å². The molecule has 0 aliphatic carbocycles. The van der Waals surface area contributed by atoms with Crippen LogP contribution in [0.4, 0.5) is 13.2 Å². The van der Waals surface area contributed by atoms with Crippen LogP contribution in [0.3, 0.4) is 0 Å². The molecule has 0 fully saturated rings. The summed E-state index contributed by atoms with van der Waals surface area (Å²) in [5.74, 6) is -0.894. The second kappa shape index (κ2) is 6.43. The van der Waals surface area contributed by atoms with Crippen LogP contribution in [0.5, 0.6) is 11.5 Å². The summed E-state index contributed by atoms with van der Waals surface area (Å²) in [6, 6.07) is 12.6. The van der Waals surface area contributed by atoms with Gasteiger partial charge in [0, 0.05) is 5.39 Å². The molecule has 0 saturated heterocycles. The minimum Gasteiger partial charge on any atom is -0.497 e. The summed E-state index contributed by atoms with van der Waals surface area (Å²) in [5.41, 5.74) is -0.608. The number of esters is 1. The topological polar surface area (TPSA) is 48.4 Å². The number of carbonyl (C=O) groups excluding carboxylic acids is 1. The van der Waals surface area contributed by atoms with Gasteiger partial charge in [-0.1, -0.05) is 18.2 Å². The number of methoxy groups -OCH3 is 1. The summed E-state index contributed by atoms with van der Waals surface area (Å²) in [4.78, 5) is 16.3. The number of hydrogen-bond donors (Lipinski definition) is 0. The molecule has 0 radical (unpaired) electrons. The van der Waals surface area contributed by atoms with Gasteiger partial charge in [-0.05, 0) is 36.4 Å². The maximum Gasteiger partial charge on any atom is 0.419 e. The number of pyridine rings is 1. The first-order valence-corrected chi connectivity index (χ1v) is 7.21. The molecule has 0 N–H and O–H groups in total. The smallest absolute Gasteiger partial charge is 0.419 e. The highest BCUT2D eigenvalue weighted by Gasteiger charge is 2.34. The molecule has 7 heteroatoms. The van der Waals surface area contributed by atoms with E-state index in [4.69, 9.17) is 9.47 Å². The molecule has 0 amide bonds. The predicted molar refractivity (Wildman–Crippen MR) is 84.7 cm³/mol. The van der Waals surface area contributed by atoms with E-state index in [0.29, 0.717) is 11.3 Å². The van der Waals surface area contributed by atoms with E-state index in [9.17, 15) is 18.0 Å². The zero-order chi connectivity index (χ0) is 18.0. The zero-order valence-electron chi connectivity index (χ0n) is 13.0. The fourth-order valence-electron chi connectivity index (χ4n) is 2.29. The van der Waals surface area contributed by atoms with E-state index >= 15 is 0 Å². The Labute approximate surface area is 140 Å². The summed E-state index contributed by atoms with van der Waals surface area (Å²) in [5, 5.41) is 0.728. The van der Waals surface area contributed by atoms with Crippen LogP contribution in [0.1, 0.15) is 16.1 Å². The Bertz CT molecular complexity index is 938. The first-order valence-electron chi connectivity index (χ1n) is 7.21. The van der Waals surface area contributed by atoms with E-state index in [1.807, 2.05) is 0 Å². The molecule has 0 bridgehead atoms. The Morgan fingerprint density at radius 3 is 2.52 bits per heavy atom. The number of benzene rings is 2. The van der Waals surface area contributed by atoms with Crippen LogP contribution in [-0.2, 0) is 6.18 Å². The number of hydrogen-bond acceptors (Lipinski definition) is 4. The van der Waals surface area contributed by atoms with E-state index in [1.165, 1.54) is 25.3 Å². The Hall–Kier alpha value is -3.09. The minimum absolute atomic E-state index is 0.0883. The molecule has 1 heterocycles. The van der Waals surface area contributed by atoms with Crippen molar-refractivity contribution in [1.82, 2.24) is 4.98 Å². The number of aromatic nitrogens is 1. The molecular formula is C18H12F3NO3. The Morgan fingerprint density at radius 2 is 1.80 bits per heavy atom. The van der Waals surface area contributed by atoms with Gasteiger partial charge in [0.1, 0.15) is 17.2 Å².